The van der Waals surface area contributed by atoms with E-state index in [1.54, 1.807) is 49.6 Å². The molecule has 0 aliphatic carbocycles. The molecular formula is C26H21Cl3N2O4S. The minimum absolute atomic E-state index is 0.223. The Labute approximate surface area is 228 Å². The molecule has 3 aromatic rings. The van der Waals surface area contributed by atoms with Gasteiger partial charge in [-0.3, -0.25) is 4.79 Å². The molecule has 0 saturated carbocycles. The first-order valence-electron chi connectivity index (χ1n) is 10.8. The Bertz CT molecular complexity index is 1340. The number of ether oxygens (including phenoxy) is 3. The number of carbonyl (C=O) groups is 1. The van der Waals surface area contributed by atoms with Gasteiger partial charge in [-0.1, -0.05) is 40.9 Å². The normalized spacial score (nSPS) is 15.3. The van der Waals surface area contributed by atoms with Crippen LogP contribution >= 0.6 is 46.6 Å². The van der Waals surface area contributed by atoms with Gasteiger partial charge in [-0.15, -0.1) is 0 Å². The number of nitrogens with one attached hydrogen (secondary N) is 1. The van der Waals surface area contributed by atoms with Gasteiger partial charge in [0.25, 0.3) is 5.91 Å². The van der Waals surface area contributed by atoms with Crippen LogP contribution in [0.25, 0.3) is 6.08 Å². The topological polar surface area (TPSA) is 69.2 Å². The molecule has 0 aromatic heterocycles. The average molecular weight is 564 g/mol. The van der Waals surface area contributed by atoms with Gasteiger partial charge in [0, 0.05) is 0 Å². The molecule has 1 aliphatic rings. The van der Waals surface area contributed by atoms with Crippen molar-refractivity contribution in [1.29, 1.82) is 0 Å². The van der Waals surface area contributed by atoms with Crippen molar-refractivity contribution in [2.75, 3.05) is 13.7 Å². The van der Waals surface area contributed by atoms with Gasteiger partial charge in [0.1, 0.15) is 12.4 Å². The molecule has 3 aromatic carbocycles. The molecule has 0 spiro atoms. The zero-order valence-electron chi connectivity index (χ0n) is 19.3. The minimum Gasteiger partial charge on any atom is -0.497 e. The summed E-state index contributed by atoms with van der Waals surface area (Å²) in [6.45, 7) is 2.50. The monoisotopic (exact) mass is 562 g/mol. The number of methoxy groups -OCH3 is 1. The summed E-state index contributed by atoms with van der Waals surface area (Å²) in [4.78, 5) is 17.5. The lowest BCUT2D eigenvalue weighted by molar-refractivity contribution is -0.115. The van der Waals surface area contributed by atoms with Crippen molar-refractivity contribution < 1.29 is 19.0 Å². The predicted octanol–water partition coefficient (Wildman–Crippen LogP) is 7.52. The number of aliphatic imine (C=N–C) groups is 1. The Hall–Kier alpha value is -2.84. The lowest BCUT2D eigenvalue weighted by atomic mass is 10.1. The number of carbonyl (C=O) groups excluding carboxylic acids is 1. The largest absolute Gasteiger partial charge is 0.497 e. The maximum atomic E-state index is 12.5. The first kappa shape index (κ1) is 26.2. The van der Waals surface area contributed by atoms with Crippen molar-refractivity contribution in [2.45, 2.75) is 13.5 Å². The summed E-state index contributed by atoms with van der Waals surface area (Å²) in [5, 5.41) is 4.52. The fourth-order valence-corrected chi connectivity index (χ4v) is 4.70. The highest BCUT2D eigenvalue weighted by atomic mass is 35.5. The second-order valence-electron chi connectivity index (χ2n) is 7.48. The summed E-state index contributed by atoms with van der Waals surface area (Å²) in [5.74, 6) is 1.35. The molecule has 1 aliphatic heterocycles. The molecule has 1 amide bonds. The molecular weight excluding hydrogens is 543 g/mol. The van der Waals surface area contributed by atoms with Crippen molar-refractivity contribution in [3.8, 4) is 17.2 Å². The van der Waals surface area contributed by atoms with Crippen molar-refractivity contribution in [3.63, 3.8) is 0 Å². The van der Waals surface area contributed by atoms with E-state index in [-0.39, 0.29) is 12.5 Å². The molecule has 186 valence electrons. The van der Waals surface area contributed by atoms with E-state index in [9.17, 15) is 4.79 Å². The van der Waals surface area contributed by atoms with E-state index in [1.165, 1.54) is 11.8 Å². The highest BCUT2D eigenvalue weighted by Gasteiger charge is 2.24. The smallest absolute Gasteiger partial charge is 0.264 e. The van der Waals surface area contributed by atoms with E-state index in [1.807, 2.05) is 25.1 Å². The zero-order chi connectivity index (χ0) is 25.7. The quantitative estimate of drug-likeness (QED) is 0.287. The van der Waals surface area contributed by atoms with Gasteiger partial charge in [0.15, 0.2) is 16.7 Å². The average Bonchev–Trinajstić information content (AvgIpc) is 3.19. The molecule has 36 heavy (non-hydrogen) atoms. The number of nitrogens with zero attached hydrogens (tertiary/aromatic N) is 1. The third kappa shape index (κ3) is 6.48. The van der Waals surface area contributed by atoms with Crippen molar-refractivity contribution >= 4 is 69.4 Å². The molecule has 1 N–H and O–H groups in total. The third-order valence-electron chi connectivity index (χ3n) is 4.95. The van der Waals surface area contributed by atoms with Gasteiger partial charge in [-0.25, -0.2) is 4.99 Å². The lowest BCUT2D eigenvalue weighted by Crippen LogP contribution is -2.19. The van der Waals surface area contributed by atoms with Crippen molar-refractivity contribution in [2.24, 2.45) is 4.99 Å². The molecule has 1 saturated heterocycles. The van der Waals surface area contributed by atoms with E-state index in [0.29, 0.717) is 54.5 Å². The van der Waals surface area contributed by atoms with Crippen molar-refractivity contribution in [3.05, 3.63) is 85.7 Å². The Morgan fingerprint density at radius 3 is 2.44 bits per heavy atom. The molecule has 10 heteroatoms. The van der Waals surface area contributed by atoms with Gasteiger partial charge < -0.3 is 19.5 Å². The van der Waals surface area contributed by atoms with Gasteiger partial charge in [-0.2, -0.15) is 0 Å². The zero-order valence-corrected chi connectivity index (χ0v) is 22.4. The SMILES string of the molecule is CCOc1cc(/C=C2/SC(=Nc3ccc(OC)cc3)NC2=O)cc(Cl)c1OCc1ccc(Cl)c(Cl)c1. The Balaban J connectivity index is 1.54. The second-order valence-corrected chi connectivity index (χ2v) is 9.73. The van der Waals surface area contributed by atoms with E-state index in [4.69, 9.17) is 49.0 Å². The van der Waals surface area contributed by atoms with Crippen molar-refractivity contribution in [1.82, 2.24) is 5.32 Å². The maximum Gasteiger partial charge on any atom is 0.264 e. The van der Waals surface area contributed by atoms with Crippen LogP contribution < -0.4 is 19.5 Å². The number of benzene rings is 3. The van der Waals surface area contributed by atoms with Crippen LogP contribution in [0, 0.1) is 0 Å². The Morgan fingerprint density at radius 2 is 1.75 bits per heavy atom. The van der Waals surface area contributed by atoms with Crippen LogP contribution in [-0.4, -0.2) is 24.8 Å². The van der Waals surface area contributed by atoms with E-state index in [2.05, 4.69) is 10.3 Å². The van der Waals surface area contributed by atoms with Gasteiger partial charge in [0.2, 0.25) is 0 Å². The summed E-state index contributed by atoms with van der Waals surface area (Å²) in [6, 6.07) is 16.0. The van der Waals surface area contributed by atoms with E-state index >= 15 is 0 Å². The van der Waals surface area contributed by atoms with Crippen LogP contribution in [0.5, 0.6) is 17.2 Å². The highest BCUT2D eigenvalue weighted by Crippen LogP contribution is 2.39. The molecule has 0 unspecified atom stereocenters. The summed E-state index contributed by atoms with van der Waals surface area (Å²) < 4.78 is 16.9. The van der Waals surface area contributed by atoms with Crippen LogP contribution in [0.4, 0.5) is 5.69 Å². The summed E-state index contributed by atoms with van der Waals surface area (Å²) >= 11 is 19.9. The first-order valence-corrected chi connectivity index (χ1v) is 12.8. The van der Waals surface area contributed by atoms with Gasteiger partial charge >= 0.3 is 0 Å². The molecule has 0 atom stereocenters. The van der Waals surface area contributed by atoms with E-state index < -0.39 is 0 Å². The summed E-state index contributed by atoms with van der Waals surface area (Å²) in [5.41, 5.74) is 2.22. The first-order chi connectivity index (χ1) is 17.4. The van der Waals surface area contributed by atoms with Crippen LogP contribution in [0.1, 0.15) is 18.1 Å². The molecule has 0 bridgehead atoms. The number of amides is 1. The minimum atomic E-state index is -0.249. The fraction of sp³-hybridized carbons (Fsp3) is 0.154. The number of halogens is 3. The number of hydrogen-bond acceptors (Lipinski definition) is 6. The standard InChI is InChI=1S/C26H21Cl3N2O4S/c1-3-34-22-12-16(11-21(29)24(22)35-14-15-4-9-19(27)20(28)10-15)13-23-25(32)31-26(36-23)30-17-5-7-18(33-2)8-6-17/h4-13H,3,14H2,1-2H3,(H,30,31,32)/b23-13+. The van der Waals surface area contributed by atoms with Crippen LogP contribution in [0.15, 0.2) is 64.5 Å². The fourth-order valence-electron chi connectivity index (χ4n) is 3.27. The maximum absolute atomic E-state index is 12.5. The molecule has 4 rings (SSSR count). The molecule has 6 nitrogen and oxygen atoms in total. The van der Waals surface area contributed by atoms with Crippen LogP contribution in [-0.2, 0) is 11.4 Å². The lowest BCUT2D eigenvalue weighted by Gasteiger charge is -2.15. The van der Waals surface area contributed by atoms with Crippen LogP contribution in [0.2, 0.25) is 15.1 Å². The molecule has 1 heterocycles. The number of thioether (sulfide) groups is 1. The van der Waals surface area contributed by atoms with Gasteiger partial charge in [0.05, 0.1) is 39.4 Å². The van der Waals surface area contributed by atoms with E-state index in [0.717, 1.165) is 11.3 Å². The second kappa shape index (κ2) is 11.9. The Morgan fingerprint density at radius 1 is 0.972 bits per heavy atom. The predicted molar refractivity (Wildman–Crippen MR) is 147 cm³/mol. The third-order valence-corrected chi connectivity index (χ3v) is 6.88. The van der Waals surface area contributed by atoms with Crippen LogP contribution in [0.3, 0.4) is 0 Å². The summed E-state index contributed by atoms with van der Waals surface area (Å²) in [7, 11) is 1.60. The number of amidine groups is 1. The Kier molecular flexibility index (Phi) is 8.69. The molecule has 0 radical (unpaired) electrons. The number of rotatable bonds is 8. The summed E-state index contributed by atoms with van der Waals surface area (Å²) in [6.07, 6.45) is 1.73. The molecule has 1 fully saturated rings. The van der Waals surface area contributed by atoms with Gasteiger partial charge in [-0.05, 0) is 84.4 Å². The highest BCUT2D eigenvalue weighted by molar-refractivity contribution is 8.18. The number of hydrogen-bond donors (Lipinski definition) is 1.